The van der Waals surface area contributed by atoms with E-state index < -0.39 is 6.10 Å². The van der Waals surface area contributed by atoms with E-state index in [2.05, 4.69) is 4.98 Å². The van der Waals surface area contributed by atoms with Gasteiger partial charge in [-0.1, -0.05) is 0 Å². The van der Waals surface area contributed by atoms with E-state index in [4.69, 9.17) is 9.47 Å². The maximum atomic E-state index is 12.6. The van der Waals surface area contributed by atoms with Crippen LogP contribution in [0.1, 0.15) is 19.8 Å². The minimum atomic E-state index is -0.487. The zero-order valence-electron chi connectivity index (χ0n) is 11.7. The lowest BCUT2D eigenvalue weighted by molar-refractivity contribution is -0.147. The molecule has 3 rings (SSSR count). The molecule has 0 bridgehead atoms. The monoisotopic (exact) mass is 276 g/mol. The Morgan fingerprint density at radius 1 is 1.55 bits per heavy atom. The quantitative estimate of drug-likeness (QED) is 0.836. The van der Waals surface area contributed by atoms with Gasteiger partial charge in [-0.25, -0.2) is 0 Å². The van der Waals surface area contributed by atoms with E-state index in [0.717, 1.165) is 0 Å². The van der Waals surface area contributed by atoms with Crippen molar-refractivity contribution < 1.29 is 14.3 Å². The van der Waals surface area contributed by atoms with Crippen LogP contribution >= 0.6 is 0 Å². The fourth-order valence-electron chi connectivity index (χ4n) is 2.67. The van der Waals surface area contributed by atoms with E-state index in [1.54, 1.807) is 25.4 Å². The van der Waals surface area contributed by atoms with E-state index in [0.29, 0.717) is 31.4 Å². The number of hydrogen-bond acceptors (Lipinski definition) is 4. The molecule has 20 heavy (non-hydrogen) atoms. The van der Waals surface area contributed by atoms with Crippen molar-refractivity contribution in [1.82, 2.24) is 9.88 Å². The van der Waals surface area contributed by atoms with Crippen LogP contribution in [0.15, 0.2) is 24.5 Å². The van der Waals surface area contributed by atoms with Crippen LogP contribution in [0.5, 0.6) is 5.75 Å². The molecule has 2 fully saturated rings. The van der Waals surface area contributed by atoms with Gasteiger partial charge < -0.3 is 14.4 Å². The van der Waals surface area contributed by atoms with Gasteiger partial charge in [0.25, 0.3) is 5.91 Å². The fourth-order valence-corrected chi connectivity index (χ4v) is 2.67. The average Bonchev–Trinajstić information content (AvgIpc) is 3.32. The number of pyridine rings is 1. The van der Waals surface area contributed by atoms with Crippen molar-refractivity contribution in [3.8, 4) is 5.75 Å². The molecule has 2 aliphatic rings. The second kappa shape index (κ2) is 5.79. The van der Waals surface area contributed by atoms with E-state index in [1.807, 2.05) is 11.0 Å². The van der Waals surface area contributed by atoms with Gasteiger partial charge in [-0.3, -0.25) is 9.78 Å². The predicted octanol–water partition coefficient (Wildman–Crippen LogP) is 1.49. The molecule has 5 heteroatoms. The van der Waals surface area contributed by atoms with Crippen molar-refractivity contribution in [2.75, 3.05) is 19.8 Å². The van der Waals surface area contributed by atoms with Gasteiger partial charge in [0, 0.05) is 12.7 Å². The third kappa shape index (κ3) is 2.93. The summed E-state index contributed by atoms with van der Waals surface area (Å²) in [5.41, 5.74) is 0. The summed E-state index contributed by atoms with van der Waals surface area (Å²) in [7, 11) is 0. The zero-order valence-corrected chi connectivity index (χ0v) is 11.7. The van der Waals surface area contributed by atoms with Gasteiger partial charge in [-0.2, -0.15) is 0 Å². The van der Waals surface area contributed by atoms with Crippen molar-refractivity contribution >= 4 is 5.91 Å². The number of carbonyl (C=O) groups is 1. The Bertz CT molecular complexity index is 461. The van der Waals surface area contributed by atoms with Crippen LogP contribution in [0.4, 0.5) is 0 Å². The normalized spacial score (nSPS) is 24.2. The number of aromatic nitrogens is 1. The highest BCUT2D eigenvalue weighted by molar-refractivity contribution is 5.81. The van der Waals surface area contributed by atoms with E-state index in [9.17, 15) is 4.79 Å². The van der Waals surface area contributed by atoms with E-state index in [-0.39, 0.29) is 11.9 Å². The highest BCUT2D eigenvalue weighted by Crippen LogP contribution is 2.36. The Labute approximate surface area is 118 Å². The molecule has 0 aromatic carbocycles. The van der Waals surface area contributed by atoms with Gasteiger partial charge >= 0.3 is 0 Å². The summed E-state index contributed by atoms with van der Waals surface area (Å²) < 4.78 is 11.2. The molecule has 0 N–H and O–H groups in total. The summed E-state index contributed by atoms with van der Waals surface area (Å²) in [6.07, 6.45) is 5.23. The number of morpholine rings is 1. The van der Waals surface area contributed by atoms with Crippen LogP contribution in [0, 0.1) is 5.92 Å². The maximum absolute atomic E-state index is 12.6. The Morgan fingerprint density at radius 3 is 3.10 bits per heavy atom. The second-order valence-corrected chi connectivity index (χ2v) is 5.46. The summed E-state index contributed by atoms with van der Waals surface area (Å²) in [5.74, 6) is 1.29. The molecule has 2 atom stereocenters. The fraction of sp³-hybridized carbons (Fsp3) is 0.600. The molecule has 1 saturated heterocycles. The molecule has 1 aliphatic heterocycles. The Kier molecular flexibility index (Phi) is 3.87. The molecule has 5 nitrogen and oxygen atoms in total. The van der Waals surface area contributed by atoms with Gasteiger partial charge in [0.05, 0.1) is 25.5 Å². The van der Waals surface area contributed by atoms with Crippen molar-refractivity contribution in [3.63, 3.8) is 0 Å². The molecule has 108 valence electrons. The summed E-state index contributed by atoms with van der Waals surface area (Å²) in [6, 6.07) is 3.85. The number of rotatable bonds is 4. The third-order valence-electron chi connectivity index (χ3n) is 3.91. The largest absolute Gasteiger partial charge is 0.479 e. The highest BCUT2D eigenvalue weighted by atomic mass is 16.5. The molecule has 1 aromatic heterocycles. The molecule has 1 amide bonds. The molecule has 1 aromatic rings. The lowest BCUT2D eigenvalue weighted by Gasteiger charge is -2.37. The summed E-state index contributed by atoms with van der Waals surface area (Å²) in [4.78, 5) is 18.5. The van der Waals surface area contributed by atoms with Crippen LogP contribution in [0.25, 0.3) is 0 Å². The maximum Gasteiger partial charge on any atom is 0.263 e. The van der Waals surface area contributed by atoms with Crippen molar-refractivity contribution in [2.24, 2.45) is 5.92 Å². The van der Waals surface area contributed by atoms with Crippen molar-refractivity contribution in [2.45, 2.75) is 31.9 Å². The van der Waals surface area contributed by atoms with Gasteiger partial charge in [0.1, 0.15) is 5.75 Å². The van der Waals surface area contributed by atoms with E-state index >= 15 is 0 Å². The van der Waals surface area contributed by atoms with Crippen LogP contribution in [-0.2, 0) is 9.53 Å². The Balaban J connectivity index is 1.64. The number of amides is 1. The zero-order chi connectivity index (χ0) is 13.9. The standard InChI is InChI=1S/C15H20N2O3/c1-11(20-13-3-2-6-16-9-13)15(18)17-7-8-19-10-14(17)12-4-5-12/h2-3,6,9,11-12,14H,4-5,7-8,10H2,1H3/t11-,14+/m0/s1. The number of carbonyl (C=O) groups excluding carboxylic acids is 1. The lowest BCUT2D eigenvalue weighted by atomic mass is 10.1. The molecule has 2 heterocycles. The first-order valence-electron chi connectivity index (χ1n) is 7.20. The first-order chi connectivity index (χ1) is 9.75. The molecule has 0 radical (unpaired) electrons. The third-order valence-corrected chi connectivity index (χ3v) is 3.91. The summed E-state index contributed by atoms with van der Waals surface area (Å²) in [6.45, 7) is 3.75. The van der Waals surface area contributed by atoms with Gasteiger partial charge in [0.2, 0.25) is 0 Å². The van der Waals surface area contributed by atoms with Crippen LogP contribution in [0.3, 0.4) is 0 Å². The van der Waals surface area contributed by atoms with Gasteiger partial charge in [-0.15, -0.1) is 0 Å². The van der Waals surface area contributed by atoms with Crippen LogP contribution in [0.2, 0.25) is 0 Å². The first kappa shape index (κ1) is 13.4. The van der Waals surface area contributed by atoms with E-state index in [1.165, 1.54) is 12.8 Å². The average molecular weight is 276 g/mol. The predicted molar refractivity (Wildman–Crippen MR) is 73.4 cm³/mol. The summed E-state index contributed by atoms with van der Waals surface area (Å²) in [5, 5.41) is 0. The smallest absolute Gasteiger partial charge is 0.263 e. The Morgan fingerprint density at radius 2 is 2.40 bits per heavy atom. The summed E-state index contributed by atoms with van der Waals surface area (Å²) >= 11 is 0. The molecule has 1 saturated carbocycles. The first-order valence-corrected chi connectivity index (χ1v) is 7.20. The number of hydrogen-bond donors (Lipinski definition) is 0. The Hall–Kier alpha value is -1.62. The molecular weight excluding hydrogens is 256 g/mol. The molecule has 0 unspecified atom stereocenters. The van der Waals surface area contributed by atoms with Crippen molar-refractivity contribution in [3.05, 3.63) is 24.5 Å². The highest BCUT2D eigenvalue weighted by Gasteiger charge is 2.40. The SMILES string of the molecule is C[C@H](Oc1cccnc1)C(=O)N1CCOC[C@@H]1C1CC1. The van der Waals surface area contributed by atoms with Crippen molar-refractivity contribution in [1.29, 1.82) is 0 Å². The molecule has 1 aliphatic carbocycles. The number of nitrogens with zero attached hydrogens (tertiary/aromatic N) is 2. The molecule has 0 spiro atoms. The topological polar surface area (TPSA) is 51.7 Å². The van der Waals surface area contributed by atoms with Crippen LogP contribution in [-0.4, -0.2) is 47.7 Å². The number of ether oxygens (including phenoxy) is 2. The van der Waals surface area contributed by atoms with Gasteiger partial charge in [-0.05, 0) is 37.8 Å². The van der Waals surface area contributed by atoms with Crippen LogP contribution < -0.4 is 4.74 Å². The second-order valence-electron chi connectivity index (χ2n) is 5.46. The minimum Gasteiger partial charge on any atom is -0.479 e. The molecular formula is C15H20N2O3. The minimum absolute atomic E-state index is 0.0500. The van der Waals surface area contributed by atoms with Gasteiger partial charge in [0.15, 0.2) is 6.10 Å². The lowest BCUT2D eigenvalue weighted by Crippen LogP contribution is -2.53.